The molecule has 0 heterocycles. The number of hydrogen-bond acceptors (Lipinski definition) is 18. The molecule has 0 fully saturated rings. The number of hydrazone groups is 2. The average molecular weight is 1450 g/mol. The lowest BCUT2D eigenvalue weighted by Crippen LogP contribution is -2.43. The van der Waals surface area contributed by atoms with Gasteiger partial charge in [0, 0.05) is 21.2 Å². The minimum absolute atomic E-state index is 0.0591. The van der Waals surface area contributed by atoms with Crippen LogP contribution in [0.2, 0.25) is 25.1 Å². The molecular weight excluding hydrogens is 1370 g/mol. The number of imide groups is 4. The summed E-state index contributed by atoms with van der Waals surface area (Å²) in [6, 6.07) is 18.4. The van der Waals surface area contributed by atoms with Crippen molar-refractivity contribution < 1.29 is 76.4 Å². The van der Waals surface area contributed by atoms with Gasteiger partial charge in [-0.15, -0.1) is 0 Å². The molecule has 5 aromatic rings. The Balaban J connectivity index is 1.68. The molecule has 0 N–H and O–H groups in total. The van der Waals surface area contributed by atoms with Crippen LogP contribution >= 0.6 is 58.0 Å². The van der Waals surface area contributed by atoms with Gasteiger partial charge >= 0.3 is 36.6 Å². The Hall–Kier alpha value is -8.81. The third-order valence-electron chi connectivity index (χ3n) is 12.4. The Morgan fingerprint density at radius 3 is 0.939 bits per heavy atom. The van der Waals surface area contributed by atoms with E-state index in [0.29, 0.717) is 43.4 Å². The zero-order valence-electron chi connectivity index (χ0n) is 58.2. The lowest BCUT2D eigenvalue weighted by Gasteiger charge is -2.29. The van der Waals surface area contributed by atoms with E-state index in [1.807, 2.05) is 0 Å². The molecule has 0 spiro atoms. The molecular formula is C69H79Cl5N8O16. The van der Waals surface area contributed by atoms with Gasteiger partial charge in [-0.1, -0.05) is 70.1 Å². The third kappa shape index (κ3) is 21.6. The van der Waals surface area contributed by atoms with Crippen LogP contribution in [0.25, 0.3) is 0 Å². The van der Waals surface area contributed by atoms with E-state index in [0.717, 1.165) is 34.1 Å². The number of anilines is 6. The van der Waals surface area contributed by atoms with Crippen molar-refractivity contribution in [2.24, 2.45) is 10.2 Å². The van der Waals surface area contributed by atoms with Crippen LogP contribution in [0.3, 0.4) is 0 Å². The monoisotopic (exact) mass is 1450 g/mol. The van der Waals surface area contributed by atoms with E-state index >= 15 is 0 Å². The zero-order chi connectivity index (χ0) is 74.4. The summed E-state index contributed by atoms with van der Waals surface area (Å²) in [5.74, 6) is -4.60. The quantitative estimate of drug-likeness (QED) is 0.0638. The molecule has 0 aliphatic rings. The maximum absolute atomic E-state index is 14.9. The highest BCUT2D eigenvalue weighted by Crippen LogP contribution is 2.39. The SMILES string of the molecule is Cc1cc(N(C(=O)C=NN(C(=O)OC(C)(C)C)c2cc(C(=O)N(C(=O)OC(C)(C)C)c3cccc(Cl)c3C)ccc2Cl)C(=O)OC(C)(C)C)c(Cl)cc1N(C(=O)C=NN(C(=O)OC(C)(C)C)c1cc(C(=O)N(C(=O)OC(C)(C)C)c2cccc(Cl)c2C)ccc1Cl)C(=O)OC(C)(C)C. The molecule has 0 unspecified atom stereocenters. The molecule has 98 heavy (non-hydrogen) atoms. The second-order valence-electron chi connectivity index (χ2n) is 27.8. The van der Waals surface area contributed by atoms with Gasteiger partial charge in [-0.3, -0.25) is 19.2 Å². The van der Waals surface area contributed by atoms with Crippen molar-refractivity contribution in [3.8, 4) is 0 Å². The maximum Gasteiger partial charge on any atom is 0.435 e. The Kier molecular flexibility index (Phi) is 25.2. The van der Waals surface area contributed by atoms with E-state index in [4.69, 9.17) is 86.4 Å². The van der Waals surface area contributed by atoms with E-state index < -0.39 is 105 Å². The predicted octanol–water partition coefficient (Wildman–Crippen LogP) is 18.4. The summed E-state index contributed by atoms with van der Waals surface area (Å²) in [7, 11) is 0. The number of carbonyl (C=O) groups is 10. The molecule has 0 aliphatic carbocycles. The predicted molar refractivity (Wildman–Crippen MR) is 379 cm³/mol. The standard InChI is InChI=1S/C69H79Cl5N8O16/c1-38-32-51(78(59(88)94-65(7,8)9)55(84)37-76-82(63(92)98-69(19,20)21)53-34-42(29-31-46(53)73)57(86)80(61(90)96-67(13,14)15)49-27-23-25-44(71)40(49)3)47(74)35-50(38)77(58(87)93-64(4,5)6)54(83)36-75-81(62(91)97-68(16,17)18)52-33-41(28-30-45(52)72)56(85)79(60(89)95-66(10,11)12)48-26-22-24-43(70)39(48)2/h22-37H,1-21H3. The van der Waals surface area contributed by atoms with E-state index in [1.165, 1.54) is 139 Å². The van der Waals surface area contributed by atoms with Crippen LogP contribution in [0, 0.1) is 20.8 Å². The molecule has 0 bridgehead atoms. The van der Waals surface area contributed by atoms with E-state index in [9.17, 15) is 47.9 Å². The molecule has 5 rings (SSSR count). The van der Waals surface area contributed by atoms with Crippen molar-refractivity contribution in [2.75, 3.05) is 29.6 Å². The van der Waals surface area contributed by atoms with Crippen LogP contribution in [0.5, 0.6) is 0 Å². The second kappa shape index (κ2) is 30.9. The first-order valence-corrected chi connectivity index (χ1v) is 32.0. The fourth-order valence-electron chi connectivity index (χ4n) is 8.40. The van der Waals surface area contributed by atoms with Gasteiger partial charge in [0.15, 0.2) is 0 Å². The largest absolute Gasteiger partial charge is 0.443 e. The number of aryl methyl sites for hydroxylation is 1. The van der Waals surface area contributed by atoms with Crippen molar-refractivity contribution in [1.82, 2.24) is 0 Å². The molecule has 0 radical (unpaired) electrons. The Bertz CT molecular complexity index is 3780. The summed E-state index contributed by atoms with van der Waals surface area (Å²) < 4.78 is 34.0. The van der Waals surface area contributed by atoms with Crippen LogP contribution < -0.4 is 29.6 Å². The topological polar surface area (TPSA) is 270 Å². The van der Waals surface area contributed by atoms with Gasteiger partial charge < -0.3 is 28.4 Å². The molecule has 5 aromatic carbocycles. The summed E-state index contributed by atoms with van der Waals surface area (Å²) in [5.41, 5.74) is -8.47. The number of ether oxygens (including phenoxy) is 6. The van der Waals surface area contributed by atoms with Crippen molar-refractivity contribution >= 4 is 165 Å². The van der Waals surface area contributed by atoms with E-state index in [-0.39, 0.29) is 65.2 Å². The van der Waals surface area contributed by atoms with Crippen LogP contribution in [0.4, 0.5) is 62.9 Å². The van der Waals surface area contributed by atoms with Crippen LogP contribution in [0.15, 0.2) is 95.1 Å². The number of nitrogens with zero attached hydrogens (tertiary/aromatic N) is 8. The van der Waals surface area contributed by atoms with Crippen molar-refractivity contribution in [1.29, 1.82) is 0 Å². The fourth-order valence-corrected chi connectivity index (χ4v) is 9.38. The number of carbonyl (C=O) groups excluding carboxylic acids is 10. The normalized spacial score (nSPS) is 12.1. The van der Waals surface area contributed by atoms with E-state index in [2.05, 4.69) is 10.2 Å². The zero-order valence-corrected chi connectivity index (χ0v) is 62.0. The first-order valence-electron chi connectivity index (χ1n) is 30.1. The molecule has 526 valence electrons. The maximum atomic E-state index is 14.9. The fraction of sp³-hybridized carbons (Fsp3) is 0.391. The number of halogens is 5. The Labute approximate surface area is 594 Å². The third-order valence-corrected chi connectivity index (χ3v) is 14.2. The number of amides is 10. The second-order valence-corrected chi connectivity index (χ2v) is 29.8. The number of benzene rings is 5. The van der Waals surface area contributed by atoms with Crippen LogP contribution in [-0.4, -0.2) is 106 Å². The summed E-state index contributed by atoms with van der Waals surface area (Å²) in [4.78, 5) is 147. The highest BCUT2D eigenvalue weighted by atomic mass is 35.5. The summed E-state index contributed by atoms with van der Waals surface area (Å²) in [6.45, 7) is 32.3. The summed E-state index contributed by atoms with van der Waals surface area (Å²) >= 11 is 33.5. The lowest BCUT2D eigenvalue weighted by molar-refractivity contribution is -0.112. The van der Waals surface area contributed by atoms with E-state index in [1.54, 1.807) is 67.5 Å². The molecule has 0 aliphatic heterocycles. The van der Waals surface area contributed by atoms with Gasteiger partial charge in [0.25, 0.3) is 23.6 Å². The van der Waals surface area contributed by atoms with Gasteiger partial charge in [-0.05, 0) is 235 Å². The van der Waals surface area contributed by atoms with Crippen LogP contribution in [0.1, 0.15) is 162 Å². The molecule has 0 saturated carbocycles. The summed E-state index contributed by atoms with van der Waals surface area (Å²) in [6.07, 6.45) is -6.32. The first kappa shape index (κ1) is 79.9. The Morgan fingerprint density at radius 1 is 0.327 bits per heavy atom. The molecule has 10 amide bonds. The Morgan fingerprint density at radius 2 is 0.622 bits per heavy atom. The van der Waals surface area contributed by atoms with Crippen molar-refractivity contribution in [2.45, 2.75) is 179 Å². The molecule has 0 saturated heterocycles. The molecule has 0 aromatic heterocycles. The minimum atomic E-state index is -1.35. The van der Waals surface area contributed by atoms with Gasteiger partial charge in [0.1, 0.15) is 46.0 Å². The average Bonchev–Trinajstić information content (AvgIpc) is 0.791. The van der Waals surface area contributed by atoms with Gasteiger partial charge in [0.05, 0.1) is 49.2 Å². The lowest BCUT2D eigenvalue weighted by atomic mass is 10.1. The highest BCUT2D eigenvalue weighted by Gasteiger charge is 2.39. The first-order chi connectivity index (χ1) is 44.8. The smallest absolute Gasteiger partial charge is 0.435 e. The van der Waals surface area contributed by atoms with Gasteiger partial charge in [-0.25, -0.2) is 48.4 Å². The summed E-state index contributed by atoms with van der Waals surface area (Å²) in [5, 5.41) is 8.87. The molecule has 24 nitrogen and oxygen atoms in total. The van der Waals surface area contributed by atoms with Crippen LogP contribution in [-0.2, 0) is 38.0 Å². The molecule has 0 atom stereocenters. The molecule has 29 heteroatoms. The number of rotatable bonds is 12. The van der Waals surface area contributed by atoms with Gasteiger partial charge in [-0.2, -0.15) is 20.2 Å². The minimum Gasteiger partial charge on any atom is -0.443 e. The number of hydrogen-bond donors (Lipinski definition) is 0. The van der Waals surface area contributed by atoms with Crippen molar-refractivity contribution in [3.05, 3.63) is 138 Å². The highest BCUT2D eigenvalue weighted by molar-refractivity contribution is 6.43. The van der Waals surface area contributed by atoms with Gasteiger partial charge in [0.2, 0.25) is 0 Å². The van der Waals surface area contributed by atoms with Crippen molar-refractivity contribution in [3.63, 3.8) is 0 Å².